The Morgan fingerprint density at radius 1 is 1.58 bits per heavy atom. The Balaban J connectivity index is 3.28. The Kier molecular flexibility index (Phi) is 5.48. The van der Waals surface area contributed by atoms with Crippen LogP contribution in [0.15, 0.2) is 0 Å². The summed E-state index contributed by atoms with van der Waals surface area (Å²) >= 11 is 0.945. The van der Waals surface area contributed by atoms with Gasteiger partial charge in [0.05, 0.1) is 6.61 Å². The SMILES string of the molecule is CSC(=O)OCCC[Si](C)(F)F. The van der Waals surface area contributed by atoms with Crippen LogP contribution in [0.4, 0.5) is 13.0 Å². The van der Waals surface area contributed by atoms with Crippen molar-refractivity contribution in [2.75, 3.05) is 12.9 Å². The lowest BCUT2D eigenvalue weighted by Gasteiger charge is -2.05. The van der Waals surface area contributed by atoms with Gasteiger partial charge in [0.15, 0.2) is 0 Å². The molecule has 0 rings (SSSR count). The minimum absolute atomic E-state index is 0.103. The van der Waals surface area contributed by atoms with Crippen LogP contribution in [0.3, 0.4) is 0 Å². The molecule has 0 heterocycles. The second kappa shape index (κ2) is 5.53. The first-order valence-electron chi connectivity index (χ1n) is 3.54. The minimum atomic E-state index is -3.94. The van der Waals surface area contributed by atoms with Gasteiger partial charge in [-0.25, -0.2) is 4.79 Å². The van der Waals surface area contributed by atoms with Gasteiger partial charge in [0.2, 0.25) is 0 Å². The van der Waals surface area contributed by atoms with Crippen LogP contribution in [0.2, 0.25) is 12.6 Å². The molecule has 72 valence electrons. The van der Waals surface area contributed by atoms with Crippen LogP contribution in [0.5, 0.6) is 0 Å². The molecule has 0 aromatic rings. The normalized spacial score (nSPS) is 11.3. The highest BCUT2D eigenvalue weighted by atomic mass is 32.2. The lowest BCUT2D eigenvalue weighted by molar-refractivity contribution is 0.174. The second-order valence-corrected chi connectivity index (χ2v) is 5.86. The molecule has 2 nitrogen and oxygen atoms in total. The van der Waals surface area contributed by atoms with Gasteiger partial charge in [0.1, 0.15) is 0 Å². The summed E-state index contributed by atoms with van der Waals surface area (Å²) in [6.45, 7) is 1.10. The Morgan fingerprint density at radius 3 is 2.58 bits per heavy atom. The van der Waals surface area contributed by atoms with Crippen LogP contribution in [0, 0.1) is 0 Å². The van der Waals surface area contributed by atoms with E-state index in [1.807, 2.05) is 0 Å². The number of ether oxygens (including phenoxy) is 1. The summed E-state index contributed by atoms with van der Waals surface area (Å²) in [7, 11) is -3.94. The molecule has 0 N–H and O–H groups in total. The predicted molar refractivity (Wildman–Crippen MR) is 48.1 cm³/mol. The summed E-state index contributed by atoms with van der Waals surface area (Å²) in [6.07, 6.45) is 1.85. The smallest absolute Gasteiger partial charge is 0.422 e. The van der Waals surface area contributed by atoms with E-state index in [0.717, 1.165) is 18.3 Å². The van der Waals surface area contributed by atoms with E-state index in [9.17, 15) is 13.0 Å². The van der Waals surface area contributed by atoms with E-state index in [0.29, 0.717) is 0 Å². The van der Waals surface area contributed by atoms with Crippen molar-refractivity contribution in [2.24, 2.45) is 0 Å². The summed E-state index contributed by atoms with van der Waals surface area (Å²) in [5.41, 5.74) is 0. The zero-order valence-corrected chi connectivity index (χ0v) is 8.92. The standard InChI is InChI=1S/C6H12F2O2SSi/c1-11-6(9)10-4-3-5-12(2,7)8/h3-5H2,1-2H3. The summed E-state index contributed by atoms with van der Waals surface area (Å²) in [5.74, 6) is 0. The number of carbonyl (C=O) groups is 1. The van der Waals surface area contributed by atoms with Crippen molar-refractivity contribution < 1.29 is 17.7 Å². The maximum atomic E-state index is 12.3. The average molecular weight is 214 g/mol. The molecule has 0 aromatic carbocycles. The van der Waals surface area contributed by atoms with Gasteiger partial charge in [-0.2, -0.15) is 0 Å². The fourth-order valence-electron chi connectivity index (χ4n) is 0.597. The van der Waals surface area contributed by atoms with Crippen LogP contribution in [0.25, 0.3) is 0 Å². The zero-order chi connectivity index (χ0) is 9.61. The summed E-state index contributed by atoms with van der Waals surface area (Å²) in [4.78, 5) is 10.5. The van der Waals surface area contributed by atoms with E-state index in [-0.39, 0.29) is 19.1 Å². The summed E-state index contributed by atoms with van der Waals surface area (Å²) in [5, 5.41) is -0.406. The molecule has 0 unspecified atom stereocenters. The van der Waals surface area contributed by atoms with Gasteiger partial charge >= 0.3 is 14.0 Å². The summed E-state index contributed by atoms with van der Waals surface area (Å²) < 4.78 is 29.2. The van der Waals surface area contributed by atoms with E-state index in [4.69, 9.17) is 0 Å². The van der Waals surface area contributed by atoms with Gasteiger partial charge in [-0.1, -0.05) is 0 Å². The van der Waals surface area contributed by atoms with Gasteiger partial charge < -0.3 is 4.74 Å². The molecule has 0 bridgehead atoms. The van der Waals surface area contributed by atoms with Crippen molar-refractivity contribution in [1.29, 1.82) is 0 Å². The molecular formula is C6H12F2O2SSi. The van der Waals surface area contributed by atoms with Gasteiger partial charge in [0, 0.05) is 6.04 Å². The van der Waals surface area contributed by atoms with E-state index < -0.39 is 14.0 Å². The second-order valence-electron chi connectivity index (χ2n) is 2.48. The first-order chi connectivity index (χ1) is 5.45. The van der Waals surface area contributed by atoms with E-state index >= 15 is 0 Å². The Labute approximate surface area is 76.0 Å². The maximum absolute atomic E-state index is 12.3. The lowest BCUT2D eigenvalue weighted by Crippen LogP contribution is -2.16. The van der Waals surface area contributed by atoms with Gasteiger partial charge in [-0.05, 0) is 31.0 Å². The fraction of sp³-hybridized carbons (Fsp3) is 0.833. The number of rotatable bonds is 4. The molecule has 0 saturated carbocycles. The Bertz CT molecular complexity index is 149. The van der Waals surface area contributed by atoms with Crippen LogP contribution < -0.4 is 0 Å². The Morgan fingerprint density at radius 2 is 2.17 bits per heavy atom. The lowest BCUT2D eigenvalue weighted by atomic mass is 10.5. The number of thioether (sulfide) groups is 1. The first kappa shape index (κ1) is 11.9. The van der Waals surface area contributed by atoms with Crippen molar-refractivity contribution in [3.63, 3.8) is 0 Å². The molecule has 0 fully saturated rings. The Hall–Kier alpha value is -0.103. The van der Waals surface area contributed by atoms with Crippen molar-refractivity contribution in [2.45, 2.75) is 19.0 Å². The number of hydrogen-bond acceptors (Lipinski definition) is 3. The molecule has 6 heteroatoms. The minimum Gasteiger partial charge on any atom is -0.458 e. The van der Waals surface area contributed by atoms with Gasteiger partial charge in [0.25, 0.3) is 0 Å². The molecule has 0 radical (unpaired) electrons. The van der Waals surface area contributed by atoms with Crippen LogP contribution in [-0.4, -0.2) is 26.9 Å². The van der Waals surface area contributed by atoms with Crippen LogP contribution in [-0.2, 0) is 4.74 Å². The van der Waals surface area contributed by atoms with Crippen molar-refractivity contribution in [3.05, 3.63) is 0 Å². The summed E-state index contributed by atoms with van der Waals surface area (Å²) in [6, 6.07) is -0.103. The van der Waals surface area contributed by atoms with Gasteiger partial charge in [-0.3, -0.25) is 8.22 Å². The monoisotopic (exact) mass is 214 g/mol. The zero-order valence-electron chi connectivity index (χ0n) is 7.10. The molecule has 0 amide bonds. The highest BCUT2D eigenvalue weighted by Gasteiger charge is 2.26. The average Bonchev–Trinajstić information content (AvgIpc) is 1.96. The molecule has 0 spiro atoms. The third kappa shape index (κ3) is 8.00. The molecule has 0 aliphatic rings. The third-order valence-electron chi connectivity index (χ3n) is 1.15. The molecule has 0 aromatic heterocycles. The molecule has 0 saturated heterocycles. The topological polar surface area (TPSA) is 26.3 Å². The van der Waals surface area contributed by atoms with E-state index in [1.54, 1.807) is 6.26 Å². The van der Waals surface area contributed by atoms with E-state index in [2.05, 4.69) is 4.74 Å². The van der Waals surface area contributed by atoms with Crippen molar-refractivity contribution in [3.8, 4) is 0 Å². The quantitative estimate of drug-likeness (QED) is 0.311. The molecule has 0 aliphatic heterocycles. The molecule has 0 atom stereocenters. The van der Waals surface area contributed by atoms with Crippen molar-refractivity contribution >= 4 is 25.8 Å². The highest BCUT2D eigenvalue weighted by Crippen LogP contribution is 2.14. The predicted octanol–water partition coefficient (Wildman–Crippen LogP) is 2.89. The number of halogens is 2. The van der Waals surface area contributed by atoms with Gasteiger partial charge in [-0.15, -0.1) is 0 Å². The van der Waals surface area contributed by atoms with E-state index in [1.165, 1.54) is 0 Å². The number of carbonyl (C=O) groups excluding carboxylic acids is 1. The largest absolute Gasteiger partial charge is 0.458 e. The maximum Gasteiger partial charge on any atom is 0.422 e. The molecular weight excluding hydrogens is 202 g/mol. The third-order valence-corrected chi connectivity index (χ3v) is 2.83. The van der Waals surface area contributed by atoms with Crippen LogP contribution >= 0.6 is 11.8 Å². The number of hydrogen-bond donors (Lipinski definition) is 0. The molecule has 12 heavy (non-hydrogen) atoms. The fourth-order valence-corrected chi connectivity index (χ4v) is 1.56. The van der Waals surface area contributed by atoms with Crippen LogP contribution in [0.1, 0.15) is 6.42 Å². The first-order valence-corrected chi connectivity index (χ1v) is 7.23. The highest BCUT2D eigenvalue weighted by molar-refractivity contribution is 8.12. The van der Waals surface area contributed by atoms with Crippen molar-refractivity contribution in [1.82, 2.24) is 0 Å². The molecule has 0 aliphatic carbocycles.